The minimum absolute atomic E-state index is 0.179. The van der Waals surface area contributed by atoms with E-state index in [9.17, 15) is 4.79 Å². The van der Waals surface area contributed by atoms with Crippen molar-refractivity contribution in [3.8, 4) is 0 Å². The number of allylic oxidation sites excluding steroid dienone is 3. The van der Waals surface area contributed by atoms with Gasteiger partial charge in [-0.15, -0.1) is 0 Å². The second-order valence-electron chi connectivity index (χ2n) is 2.59. The van der Waals surface area contributed by atoms with Crippen molar-refractivity contribution in [2.75, 3.05) is 5.32 Å². The first-order valence-corrected chi connectivity index (χ1v) is 4.34. The van der Waals surface area contributed by atoms with Crippen molar-refractivity contribution in [2.45, 2.75) is 6.92 Å². The second kappa shape index (κ2) is 5.70. The van der Waals surface area contributed by atoms with E-state index in [0.29, 0.717) is 5.82 Å². The lowest BCUT2D eigenvalue weighted by Gasteiger charge is -1.98. The normalized spacial score (nSPS) is 10.9. The minimum atomic E-state index is -0.179. The summed E-state index contributed by atoms with van der Waals surface area (Å²) in [6, 6.07) is 5.35. The van der Waals surface area contributed by atoms with Gasteiger partial charge in [-0.3, -0.25) is 4.79 Å². The molecular formula is C11H12N2O. The maximum absolute atomic E-state index is 11.2. The Balaban J connectivity index is 2.50. The van der Waals surface area contributed by atoms with Crippen molar-refractivity contribution < 1.29 is 4.79 Å². The summed E-state index contributed by atoms with van der Waals surface area (Å²) in [4.78, 5) is 15.2. The SMILES string of the molecule is CC=CC=CC(=O)Nc1ccccn1. The largest absolute Gasteiger partial charge is 0.307 e. The van der Waals surface area contributed by atoms with E-state index in [0.717, 1.165) is 0 Å². The van der Waals surface area contributed by atoms with Crippen LogP contribution in [0.15, 0.2) is 48.7 Å². The van der Waals surface area contributed by atoms with Crippen LogP contribution in [0.3, 0.4) is 0 Å². The Labute approximate surface area is 83.2 Å². The number of hydrogen-bond acceptors (Lipinski definition) is 2. The quantitative estimate of drug-likeness (QED) is 0.583. The van der Waals surface area contributed by atoms with Crippen molar-refractivity contribution in [3.63, 3.8) is 0 Å². The maximum Gasteiger partial charge on any atom is 0.249 e. The number of pyridine rings is 1. The lowest BCUT2D eigenvalue weighted by Crippen LogP contribution is -2.08. The highest BCUT2D eigenvalue weighted by atomic mass is 16.1. The molecule has 0 atom stereocenters. The zero-order valence-corrected chi connectivity index (χ0v) is 7.97. The van der Waals surface area contributed by atoms with Crippen LogP contribution in [0.5, 0.6) is 0 Å². The molecule has 0 aliphatic carbocycles. The van der Waals surface area contributed by atoms with E-state index in [4.69, 9.17) is 0 Å². The van der Waals surface area contributed by atoms with Crippen LogP contribution in [0.1, 0.15) is 6.92 Å². The number of aromatic nitrogens is 1. The van der Waals surface area contributed by atoms with Gasteiger partial charge in [0.05, 0.1) is 0 Å². The summed E-state index contributed by atoms with van der Waals surface area (Å²) >= 11 is 0. The lowest BCUT2D eigenvalue weighted by atomic mass is 10.4. The molecule has 3 heteroatoms. The molecular weight excluding hydrogens is 176 g/mol. The van der Waals surface area contributed by atoms with Gasteiger partial charge < -0.3 is 5.32 Å². The molecule has 0 aromatic carbocycles. The average molecular weight is 188 g/mol. The predicted molar refractivity (Wildman–Crippen MR) is 56.8 cm³/mol. The molecule has 1 amide bonds. The highest BCUT2D eigenvalue weighted by Crippen LogP contribution is 1.99. The van der Waals surface area contributed by atoms with E-state index >= 15 is 0 Å². The first-order chi connectivity index (χ1) is 6.83. The molecule has 1 rings (SSSR count). The van der Waals surface area contributed by atoms with Gasteiger partial charge in [-0.05, 0) is 19.1 Å². The topological polar surface area (TPSA) is 42.0 Å². The third-order valence-electron chi connectivity index (χ3n) is 1.47. The van der Waals surface area contributed by atoms with Crippen LogP contribution in [0, 0.1) is 0 Å². The van der Waals surface area contributed by atoms with Gasteiger partial charge in [0.15, 0.2) is 0 Å². The Bertz CT molecular complexity index is 342. The van der Waals surface area contributed by atoms with Crippen LogP contribution in [0.25, 0.3) is 0 Å². The van der Waals surface area contributed by atoms with Gasteiger partial charge in [0, 0.05) is 12.3 Å². The molecule has 0 bridgehead atoms. The molecule has 0 saturated heterocycles. The third-order valence-corrected chi connectivity index (χ3v) is 1.47. The zero-order valence-electron chi connectivity index (χ0n) is 7.97. The summed E-state index contributed by atoms with van der Waals surface area (Å²) in [7, 11) is 0. The van der Waals surface area contributed by atoms with Gasteiger partial charge >= 0.3 is 0 Å². The summed E-state index contributed by atoms with van der Waals surface area (Å²) < 4.78 is 0. The first kappa shape index (κ1) is 10.2. The lowest BCUT2D eigenvalue weighted by molar-refractivity contribution is -0.111. The van der Waals surface area contributed by atoms with Crippen LogP contribution in [0.4, 0.5) is 5.82 Å². The molecule has 0 aliphatic heterocycles. The summed E-state index contributed by atoms with van der Waals surface area (Å²) in [5.41, 5.74) is 0. The molecule has 0 spiro atoms. The molecule has 72 valence electrons. The molecule has 0 unspecified atom stereocenters. The van der Waals surface area contributed by atoms with Crippen LogP contribution >= 0.6 is 0 Å². The summed E-state index contributed by atoms with van der Waals surface area (Å²) in [6.07, 6.45) is 8.40. The van der Waals surface area contributed by atoms with Crippen molar-refractivity contribution in [3.05, 3.63) is 48.7 Å². The summed E-state index contributed by atoms with van der Waals surface area (Å²) in [5.74, 6) is 0.379. The Morgan fingerprint density at radius 1 is 1.43 bits per heavy atom. The van der Waals surface area contributed by atoms with Gasteiger partial charge in [0.1, 0.15) is 5.82 Å². The Hall–Kier alpha value is -1.90. The molecule has 3 nitrogen and oxygen atoms in total. The van der Waals surface area contributed by atoms with Crippen molar-refractivity contribution in [1.29, 1.82) is 0 Å². The highest BCUT2D eigenvalue weighted by Gasteiger charge is 1.95. The number of amides is 1. The van der Waals surface area contributed by atoms with Gasteiger partial charge in [0.2, 0.25) is 5.91 Å². The number of nitrogens with one attached hydrogen (secondary N) is 1. The van der Waals surface area contributed by atoms with Crippen LogP contribution in [0.2, 0.25) is 0 Å². The fourth-order valence-corrected chi connectivity index (χ4v) is 0.859. The van der Waals surface area contributed by atoms with Crippen LogP contribution in [-0.4, -0.2) is 10.9 Å². The van der Waals surface area contributed by atoms with E-state index in [1.165, 1.54) is 6.08 Å². The number of anilines is 1. The highest BCUT2D eigenvalue weighted by molar-refractivity contribution is 5.98. The fourth-order valence-electron chi connectivity index (χ4n) is 0.859. The maximum atomic E-state index is 11.2. The van der Waals surface area contributed by atoms with Crippen LogP contribution in [-0.2, 0) is 4.79 Å². The van der Waals surface area contributed by atoms with E-state index in [1.54, 1.807) is 30.5 Å². The summed E-state index contributed by atoms with van der Waals surface area (Å²) in [6.45, 7) is 1.89. The average Bonchev–Trinajstić information content (AvgIpc) is 2.20. The van der Waals surface area contributed by atoms with E-state index in [-0.39, 0.29) is 5.91 Å². The molecule has 0 fully saturated rings. The minimum Gasteiger partial charge on any atom is -0.307 e. The third kappa shape index (κ3) is 3.67. The zero-order chi connectivity index (χ0) is 10.2. The van der Waals surface area contributed by atoms with Gasteiger partial charge in [-0.2, -0.15) is 0 Å². The van der Waals surface area contributed by atoms with Gasteiger partial charge in [0.25, 0.3) is 0 Å². The smallest absolute Gasteiger partial charge is 0.249 e. The molecule has 1 aromatic heterocycles. The number of carbonyl (C=O) groups excluding carboxylic acids is 1. The molecule has 1 heterocycles. The van der Waals surface area contributed by atoms with E-state index in [1.807, 2.05) is 19.1 Å². The monoisotopic (exact) mass is 188 g/mol. The number of rotatable bonds is 3. The van der Waals surface area contributed by atoms with Gasteiger partial charge in [-0.1, -0.05) is 24.3 Å². The van der Waals surface area contributed by atoms with Crippen molar-refractivity contribution in [2.24, 2.45) is 0 Å². The standard InChI is InChI=1S/C11H12N2O/c1-2-3-4-8-11(14)13-10-7-5-6-9-12-10/h2-9H,1H3,(H,12,13,14). The van der Waals surface area contributed by atoms with Crippen molar-refractivity contribution >= 4 is 11.7 Å². The Morgan fingerprint density at radius 2 is 2.29 bits per heavy atom. The summed E-state index contributed by atoms with van der Waals surface area (Å²) in [5, 5.41) is 2.63. The van der Waals surface area contributed by atoms with Crippen molar-refractivity contribution in [1.82, 2.24) is 4.98 Å². The van der Waals surface area contributed by atoms with E-state index in [2.05, 4.69) is 10.3 Å². The fraction of sp³-hybridized carbons (Fsp3) is 0.0909. The van der Waals surface area contributed by atoms with Gasteiger partial charge in [-0.25, -0.2) is 4.98 Å². The molecule has 0 aliphatic rings. The predicted octanol–water partition coefficient (Wildman–Crippen LogP) is 2.15. The second-order valence-corrected chi connectivity index (χ2v) is 2.59. The Kier molecular flexibility index (Phi) is 4.14. The molecule has 0 radical (unpaired) electrons. The molecule has 1 aromatic rings. The molecule has 1 N–H and O–H groups in total. The number of hydrogen-bond donors (Lipinski definition) is 1. The van der Waals surface area contributed by atoms with Crippen LogP contribution < -0.4 is 5.32 Å². The number of carbonyl (C=O) groups is 1. The number of nitrogens with zero attached hydrogens (tertiary/aromatic N) is 1. The molecule has 14 heavy (non-hydrogen) atoms. The van der Waals surface area contributed by atoms with E-state index < -0.39 is 0 Å². The molecule has 0 saturated carbocycles. The first-order valence-electron chi connectivity index (χ1n) is 4.34. The Morgan fingerprint density at radius 3 is 2.93 bits per heavy atom.